The smallest absolute Gasteiger partial charge is 0.305 e. The van der Waals surface area contributed by atoms with Crippen LogP contribution in [0.2, 0.25) is 0 Å². The third-order valence-electron chi connectivity index (χ3n) is 5.50. The van der Waals surface area contributed by atoms with E-state index in [2.05, 4.69) is 0 Å². The van der Waals surface area contributed by atoms with Crippen molar-refractivity contribution in [2.75, 3.05) is 4.90 Å². The van der Waals surface area contributed by atoms with Gasteiger partial charge in [0.25, 0.3) is 5.91 Å². The van der Waals surface area contributed by atoms with Gasteiger partial charge >= 0.3 is 24.6 Å². The first kappa shape index (κ1) is 26.8. The Labute approximate surface area is 197 Å². The lowest BCUT2D eigenvalue weighted by Crippen LogP contribution is -2.43. The van der Waals surface area contributed by atoms with Crippen LogP contribution in [0.1, 0.15) is 41.7 Å². The van der Waals surface area contributed by atoms with E-state index >= 15 is 0 Å². The number of imide groups is 1. The van der Waals surface area contributed by atoms with Crippen LogP contribution in [0.25, 0.3) is 0 Å². The Bertz CT molecular complexity index is 1240. The predicted octanol–water partition coefficient (Wildman–Crippen LogP) is 6.36. The molecule has 0 unspecified atom stereocenters. The lowest BCUT2D eigenvalue weighted by atomic mass is 10.0. The minimum absolute atomic E-state index is 0.104. The van der Waals surface area contributed by atoms with E-state index in [1.165, 1.54) is 6.07 Å². The minimum atomic E-state index is -5.15. The quantitative estimate of drug-likeness (QED) is 0.347. The highest BCUT2D eigenvalue weighted by Gasteiger charge is 2.52. The van der Waals surface area contributed by atoms with E-state index in [1.54, 1.807) is 0 Å². The van der Waals surface area contributed by atoms with Gasteiger partial charge in [0.2, 0.25) is 0 Å². The van der Waals surface area contributed by atoms with Crippen LogP contribution in [-0.4, -0.2) is 22.4 Å². The number of alkyl halides is 9. The molecule has 0 atom stereocenters. The van der Waals surface area contributed by atoms with Crippen LogP contribution in [0.15, 0.2) is 36.4 Å². The van der Waals surface area contributed by atoms with Crippen molar-refractivity contribution in [1.29, 1.82) is 5.26 Å². The summed E-state index contributed by atoms with van der Waals surface area (Å²) in [4.78, 5) is 27.0. The number of hydrogen-bond acceptors (Lipinski definition) is 3. The molecule has 1 heterocycles. The van der Waals surface area contributed by atoms with Gasteiger partial charge in [-0.05, 0) is 55.8 Å². The standard InChI is InChI=1S/C22H14F9N3O2/c1-19(2)17(35)34(15-4-3-12(9-32)16(8-15)22(29,30)31)18(36)33(19)10-11-5-13(20(23,24)25)7-14(6-11)21(26,27)28/h3-8H,10H2,1-2H3. The molecule has 0 bridgehead atoms. The number of benzene rings is 2. The summed E-state index contributed by atoms with van der Waals surface area (Å²) < 4.78 is 119. The first-order chi connectivity index (χ1) is 16.3. The number of carbonyl (C=O) groups excluding carboxylic acids is 2. The molecule has 5 nitrogen and oxygen atoms in total. The van der Waals surface area contributed by atoms with Crippen LogP contribution in [0, 0.1) is 11.3 Å². The molecule has 0 aliphatic carbocycles. The van der Waals surface area contributed by atoms with Crippen LogP contribution in [0.4, 0.5) is 50.0 Å². The molecule has 2 aromatic carbocycles. The molecule has 1 aliphatic rings. The highest BCUT2D eigenvalue weighted by molar-refractivity contribution is 6.23. The number of carbonyl (C=O) groups is 2. The number of nitrogens with zero attached hydrogens (tertiary/aromatic N) is 3. The Kier molecular flexibility index (Phi) is 6.28. The van der Waals surface area contributed by atoms with Gasteiger partial charge in [-0.15, -0.1) is 0 Å². The van der Waals surface area contributed by atoms with E-state index in [9.17, 15) is 49.1 Å². The summed E-state index contributed by atoms with van der Waals surface area (Å²) in [5, 5.41) is 8.92. The molecule has 192 valence electrons. The Morgan fingerprint density at radius 2 is 1.36 bits per heavy atom. The molecular formula is C22H14F9N3O2. The maximum absolute atomic E-state index is 13.3. The topological polar surface area (TPSA) is 64.4 Å². The zero-order valence-corrected chi connectivity index (χ0v) is 18.2. The van der Waals surface area contributed by atoms with Crippen molar-refractivity contribution in [3.05, 3.63) is 64.2 Å². The van der Waals surface area contributed by atoms with Gasteiger partial charge in [0, 0.05) is 6.54 Å². The second-order valence-corrected chi connectivity index (χ2v) is 8.32. The van der Waals surface area contributed by atoms with Crippen LogP contribution in [-0.2, 0) is 29.9 Å². The van der Waals surface area contributed by atoms with E-state index in [-0.39, 0.29) is 6.07 Å². The number of amides is 3. The van der Waals surface area contributed by atoms with E-state index < -0.39 is 76.1 Å². The van der Waals surface area contributed by atoms with Gasteiger partial charge in [0.05, 0.1) is 34.0 Å². The van der Waals surface area contributed by atoms with Crippen LogP contribution in [0.3, 0.4) is 0 Å². The van der Waals surface area contributed by atoms with E-state index in [0.29, 0.717) is 28.0 Å². The molecular weight excluding hydrogens is 509 g/mol. The maximum Gasteiger partial charge on any atom is 0.417 e. The van der Waals surface area contributed by atoms with Crippen LogP contribution < -0.4 is 4.90 Å². The number of rotatable bonds is 3. The van der Waals surface area contributed by atoms with Crippen molar-refractivity contribution in [3.8, 4) is 6.07 Å². The Morgan fingerprint density at radius 3 is 1.81 bits per heavy atom. The number of hydrogen-bond donors (Lipinski definition) is 0. The third kappa shape index (κ3) is 4.82. The molecule has 0 radical (unpaired) electrons. The molecule has 3 amide bonds. The predicted molar refractivity (Wildman–Crippen MR) is 105 cm³/mol. The number of urea groups is 1. The summed E-state index contributed by atoms with van der Waals surface area (Å²) in [6.45, 7) is 1.39. The monoisotopic (exact) mass is 523 g/mol. The first-order valence-corrected chi connectivity index (χ1v) is 9.84. The second kappa shape index (κ2) is 8.42. The SMILES string of the molecule is CC1(C)C(=O)N(c2ccc(C#N)c(C(F)(F)F)c2)C(=O)N1Cc1cc(C(F)(F)F)cc(C(F)(F)F)c1. The van der Waals surface area contributed by atoms with Gasteiger partial charge in [-0.2, -0.15) is 44.8 Å². The van der Waals surface area contributed by atoms with Gasteiger partial charge in [0.15, 0.2) is 0 Å². The molecule has 36 heavy (non-hydrogen) atoms. The zero-order chi connectivity index (χ0) is 27.4. The van der Waals surface area contributed by atoms with E-state index in [0.717, 1.165) is 26.0 Å². The Hall–Kier alpha value is -3.76. The van der Waals surface area contributed by atoms with Crippen molar-refractivity contribution in [2.24, 2.45) is 0 Å². The summed E-state index contributed by atoms with van der Waals surface area (Å²) in [7, 11) is 0. The summed E-state index contributed by atoms with van der Waals surface area (Å²) in [5.74, 6) is -1.08. The average molecular weight is 523 g/mol. The minimum Gasteiger partial charge on any atom is -0.305 e. The lowest BCUT2D eigenvalue weighted by Gasteiger charge is -2.28. The molecule has 1 aliphatic heterocycles. The van der Waals surface area contributed by atoms with Gasteiger partial charge in [-0.3, -0.25) is 4.79 Å². The second-order valence-electron chi connectivity index (χ2n) is 8.32. The number of nitriles is 1. The van der Waals surface area contributed by atoms with Crippen molar-refractivity contribution in [3.63, 3.8) is 0 Å². The molecule has 0 N–H and O–H groups in total. The van der Waals surface area contributed by atoms with Gasteiger partial charge < -0.3 is 4.90 Å². The van der Waals surface area contributed by atoms with E-state index in [1.807, 2.05) is 0 Å². The Balaban J connectivity index is 2.07. The Morgan fingerprint density at radius 1 is 0.833 bits per heavy atom. The molecule has 0 aromatic heterocycles. The van der Waals surface area contributed by atoms with Gasteiger partial charge in [0.1, 0.15) is 5.54 Å². The van der Waals surface area contributed by atoms with Gasteiger partial charge in [-0.25, -0.2) is 9.69 Å². The van der Waals surface area contributed by atoms with Crippen LogP contribution >= 0.6 is 0 Å². The van der Waals surface area contributed by atoms with Crippen molar-refractivity contribution in [1.82, 2.24) is 4.90 Å². The number of anilines is 1. The number of halogens is 9. The van der Waals surface area contributed by atoms with Crippen molar-refractivity contribution < 1.29 is 49.1 Å². The van der Waals surface area contributed by atoms with E-state index in [4.69, 9.17) is 5.26 Å². The highest BCUT2D eigenvalue weighted by Crippen LogP contribution is 2.40. The average Bonchev–Trinajstić information content (AvgIpc) is 2.90. The third-order valence-corrected chi connectivity index (χ3v) is 5.50. The summed E-state index contributed by atoms with van der Waals surface area (Å²) >= 11 is 0. The maximum atomic E-state index is 13.3. The van der Waals surface area contributed by atoms with Crippen LogP contribution in [0.5, 0.6) is 0 Å². The molecule has 2 aromatic rings. The normalized spacial score (nSPS) is 16.5. The molecule has 0 spiro atoms. The fourth-order valence-electron chi connectivity index (χ4n) is 3.63. The lowest BCUT2D eigenvalue weighted by molar-refractivity contribution is -0.143. The molecule has 1 fully saturated rings. The highest BCUT2D eigenvalue weighted by atomic mass is 19.4. The summed E-state index contributed by atoms with van der Waals surface area (Å²) in [6.07, 6.45) is -15.3. The summed E-state index contributed by atoms with van der Waals surface area (Å²) in [6, 6.07) is 2.75. The van der Waals surface area contributed by atoms with Gasteiger partial charge in [-0.1, -0.05) is 0 Å². The largest absolute Gasteiger partial charge is 0.417 e. The molecule has 14 heteroatoms. The first-order valence-electron chi connectivity index (χ1n) is 9.84. The van der Waals surface area contributed by atoms with Crippen molar-refractivity contribution >= 4 is 17.6 Å². The fraction of sp³-hybridized carbons (Fsp3) is 0.318. The zero-order valence-electron chi connectivity index (χ0n) is 18.2. The fourth-order valence-corrected chi connectivity index (χ4v) is 3.63. The molecule has 1 saturated heterocycles. The summed E-state index contributed by atoms with van der Waals surface area (Å²) in [5.41, 5.74) is -8.53. The molecule has 0 saturated carbocycles. The molecule has 3 rings (SSSR count). The van der Waals surface area contributed by atoms with Crippen molar-refractivity contribution in [2.45, 2.75) is 44.5 Å².